The van der Waals surface area contributed by atoms with Crippen molar-refractivity contribution in [3.8, 4) is 11.3 Å². The molecule has 10 nitrogen and oxygen atoms in total. The third-order valence-electron chi connectivity index (χ3n) is 4.63. The highest BCUT2D eigenvalue weighted by Crippen LogP contribution is 2.33. The van der Waals surface area contributed by atoms with Crippen LogP contribution in [0.5, 0.6) is 0 Å². The zero-order valence-corrected chi connectivity index (χ0v) is 16.6. The van der Waals surface area contributed by atoms with Crippen LogP contribution < -0.4 is 5.32 Å². The SMILES string of the molecule is Cc1c(C(=O)Nc2c(-c3ccc(F)cc3)nc3sccn23)cc([N+](=O)[O-])cc1[N+](=O)[O-]. The van der Waals surface area contributed by atoms with E-state index in [0.29, 0.717) is 16.2 Å². The van der Waals surface area contributed by atoms with E-state index in [1.807, 2.05) is 0 Å². The number of halogens is 1. The number of fused-ring (bicyclic) bond motifs is 1. The number of non-ortho nitro benzene ring substituents is 1. The topological polar surface area (TPSA) is 133 Å². The van der Waals surface area contributed by atoms with Crippen molar-refractivity contribution in [2.45, 2.75) is 6.92 Å². The molecule has 4 aromatic rings. The number of carbonyl (C=O) groups is 1. The average molecular weight is 441 g/mol. The Kier molecular flexibility index (Phi) is 4.91. The molecule has 2 heterocycles. The molecule has 4 rings (SSSR count). The lowest BCUT2D eigenvalue weighted by Crippen LogP contribution is -2.16. The molecular weight excluding hydrogens is 429 g/mol. The van der Waals surface area contributed by atoms with Gasteiger partial charge in [-0.05, 0) is 31.2 Å². The van der Waals surface area contributed by atoms with Gasteiger partial charge in [-0.25, -0.2) is 9.37 Å². The van der Waals surface area contributed by atoms with Crippen LogP contribution in [-0.4, -0.2) is 25.1 Å². The third-order valence-corrected chi connectivity index (χ3v) is 5.39. The normalized spacial score (nSPS) is 10.9. The molecule has 12 heteroatoms. The van der Waals surface area contributed by atoms with Crippen LogP contribution in [0.1, 0.15) is 15.9 Å². The number of rotatable bonds is 5. The molecule has 2 aromatic carbocycles. The first-order valence-electron chi connectivity index (χ1n) is 8.72. The summed E-state index contributed by atoms with van der Waals surface area (Å²) in [5.41, 5.74) is -0.437. The van der Waals surface area contributed by atoms with E-state index in [2.05, 4.69) is 10.3 Å². The maximum absolute atomic E-state index is 13.3. The van der Waals surface area contributed by atoms with Gasteiger partial charge in [-0.2, -0.15) is 0 Å². The summed E-state index contributed by atoms with van der Waals surface area (Å²) in [4.78, 5) is 39.0. The number of anilines is 1. The lowest BCUT2D eigenvalue weighted by molar-refractivity contribution is -0.394. The molecule has 0 aliphatic rings. The molecule has 2 aromatic heterocycles. The van der Waals surface area contributed by atoms with E-state index < -0.39 is 32.9 Å². The van der Waals surface area contributed by atoms with Crippen molar-refractivity contribution in [1.29, 1.82) is 0 Å². The lowest BCUT2D eigenvalue weighted by atomic mass is 10.0. The fourth-order valence-corrected chi connectivity index (χ4v) is 3.82. The van der Waals surface area contributed by atoms with Crippen LogP contribution in [-0.2, 0) is 0 Å². The van der Waals surface area contributed by atoms with Gasteiger partial charge in [0.2, 0.25) is 0 Å². The number of amides is 1. The average Bonchev–Trinajstić information content (AvgIpc) is 3.31. The van der Waals surface area contributed by atoms with Crippen molar-refractivity contribution in [3.63, 3.8) is 0 Å². The Balaban J connectivity index is 1.82. The summed E-state index contributed by atoms with van der Waals surface area (Å²) < 4.78 is 14.9. The van der Waals surface area contributed by atoms with Crippen molar-refractivity contribution in [1.82, 2.24) is 9.38 Å². The van der Waals surface area contributed by atoms with Gasteiger partial charge in [-0.3, -0.25) is 29.4 Å². The van der Waals surface area contributed by atoms with Gasteiger partial charge in [-0.15, -0.1) is 11.3 Å². The molecule has 0 aliphatic heterocycles. The lowest BCUT2D eigenvalue weighted by Gasteiger charge is -2.09. The maximum Gasteiger partial charge on any atom is 0.279 e. The number of aromatic nitrogens is 2. The molecular formula is C19H12FN5O5S. The Morgan fingerprint density at radius 1 is 1.16 bits per heavy atom. The van der Waals surface area contributed by atoms with Crippen LogP contribution in [0.25, 0.3) is 16.2 Å². The van der Waals surface area contributed by atoms with Crippen molar-refractivity contribution in [2.24, 2.45) is 0 Å². The maximum atomic E-state index is 13.3. The predicted molar refractivity (Wildman–Crippen MR) is 111 cm³/mol. The Hall–Kier alpha value is -4.19. The van der Waals surface area contributed by atoms with Crippen LogP contribution in [0.2, 0.25) is 0 Å². The number of nitrogens with zero attached hydrogens (tertiary/aromatic N) is 4. The molecule has 1 amide bonds. The van der Waals surface area contributed by atoms with E-state index in [1.54, 1.807) is 16.0 Å². The number of nitrogens with one attached hydrogen (secondary N) is 1. The Bertz CT molecular complexity index is 1360. The number of hydrogen-bond acceptors (Lipinski definition) is 7. The molecule has 156 valence electrons. The molecule has 0 atom stereocenters. The van der Waals surface area contributed by atoms with Gasteiger partial charge in [-0.1, -0.05) is 0 Å². The van der Waals surface area contributed by atoms with E-state index in [4.69, 9.17) is 0 Å². The van der Waals surface area contributed by atoms with Gasteiger partial charge in [0.1, 0.15) is 17.3 Å². The van der Waals surface area contributed by atoms with E-state index in [0.717, 1.165) is 12.1 Å². The van der Waals surface area contributed by atoms with Crippen molar-refractivity contribution in [2.75, 3.05) is 5.32 Å². The Labute approximate surface area is 176 Å². The van der Waals surface area contributed by atoms with Gasteiger partial charge in [0, 0.05) is 28.8 Å². The summed E-state index contributed by atoms with van der Waals surface area (Å²) in [6, 6.07) is 7.31. The van der Waals surface area contributed by atoms with E-state index in [9.17, 15) is 29.4 Å². The van der Waals surface area contributed by atoms with Crippen LogP contribution >= 0.6 is 11.3 Å². The van der Waals surface area contributed by atoms with Gasteiger partial charge < -0.3 is 5.32 Å². The largest absolute Gasteiger partial charge is 0.306 e. The van der Waals surface area contributed by atoms with Crippen molar-refractivity contribution < 1.29 is 19.0 Å². The minimum absolute atomic E-state index is 0.0116. The molecule has 0 radical (unpaired) electrons. The minimum atomic E-state index is -0.803. The summed E-state index contributed by atoms with van der Waals surface area (Å²) in [6.07, 6.45) is 1.67. The highest BCUT2D eigenvalue weighted by molar-refractivity contribution is 7.15. The highest BCUT2D eigenvalue weighted by atomic mass is 32.1. The molecule has 0 aliphatic carbocycles. The molecule has 0 fully saturated rings. The fourth-order valence-electron chi connectivity index (χ4n) is 3.10. The Morgan fingerprint density at radius 2 is 1.87 bits per heavy atom. The van der Waals surface area contributed by atoms with Gasteiger partial charge >= 0.3 is 0 Å². The first-order chi connectivity index (χ1) is 14.8. The van der Waals surface area contributed by atoms with E-state index in [-0.39, 0.29) is 16.9 Å². The zero-order chi connectivity index (χ0) is 22.3. The Morgan fingerprint density at radius 3 is 2.52 bits per heavy atom. The molecule has 0 bridgehead atoms. The first-order valence-corrected chi connectivity index (χ1v) is 9.60. The zero-order valence-electron chi connectivity index (χ0n) is 15.7. The number of carbonyl (C=O) groups excluding carboxylic acids is 1. The van der Waals surface area contributed by atoms with E-state index >= 15 is 0 Å². The number of nitro benzene ring substituents is 2. The van der Waals surface area contributed by atoms with Crippen LogP contribution in [0.3, 0.4) is 0 Å². The fraction of sp³-hybridized carbons (Fsp3) is 0.0526. The number of thiazole rings is 1. The summed E-state index contributed by atoms with van der Waals surface area (Å²) in [6.45, 7) is 1.34. The van der Waals surface area contributed by atoms with Crippen LogP contribution in [0.15, 0.2) is 48.0 Å². The summed E-state index contributed by atoms with van der Waals surface area (Å²) in [5.74, 6) is -0.961. The first kappa shape index (κ1) is 20.1. The molecule has 31 heavy (non-hydrogen) atoms. The standard InChI is InChI=1S/C19H12FN5O5S/c1-10-14(8-13(24(27)28)9-15(10)25(29)30)18(26)22-17-16(11-2-4-12(20)5-3-11)21-19-23(17)6-7-31-19/h2-9H,1H3,(H,22,26). The number of hydrogen-bond donors (Lipinski definition) is 1. The van der Waals surface area contributed by atoms with Crippen LogP contribution in [0.4, 0.5) is 21.6 Å². The summed E-state index contributed by atoms with van der Waals surface area (Å²) in [5, 5.41) is 26.9. The summed E-state index contributed by atoms with van der Waals surface area (Å²) in [7, 11) is 0. The smallest absolute Gasteiger partial charge is 0.279 e. The highest BCUT2D eigenvalue weighted by Gasteiger charge is 2.26. The van der Waals surface area contributed by atoms with Crippen LogP contribution in [0, 0.1) is 33.0 Å². The third kappa shape index (κ3) is 3.59. The second kappa shape index (κ2) is 7.57. The van der Waals surface area contributed by atoms with Gasteiger partial charge in [0.05, 0.1) is 21.5 Å². The molecule has 1 N–H and O–H groups in total. The second-order valence-electron chi connectivity index (χ2n) is 6.48. The molecule has 0 spiro atoms. The predicted octanol–water partition coefficient (Wildman–Crippen LogP) is 4.58. The monoisotopic (exact) mass is 441 g/mol. The number of nitro groups is 2. The number of imidazole rings is 1. The molecule has 0 saturated heterocycles. The molecule has 0 unspecified atom stereocenters. The molecule has 0 saturated carbocycles. The minimum Gasteiger partial charge on any atom is -0.306 e. The summed E-state index contributed by atoms with van der Waals surface area (Å²) >= 11 is 1.31. The van der Waals surface area contributed by atoms with Crippen molar-refractivity contribution >= 4 is 39.4 Å². The quantitative estimate of drug-likeness (QED) is 0.356. The van der Waals surface area contributed by atoms with Gasteiger partial charge in [0.25, 0.3) is 17.3 Å². The van der Waals surface area contributed by atoms with E-state index in [1.165, 1.54) is 42.5 Å². The second-order valence-corrected chi connectivity index (χ2v) is 7.35. The number of benzene rings is 2. The van der Waals surface area contributed by atoms with Crippen molar-refractivity contribution in [3.05, 3.63) is 85.1 Å². The van der Waals surface area contributed by atoms with Gasteiger partial charge in [0.15, 0.2) is 4.96 Å².